The lowest BCUT2D eigenvalue weighted by Gasteiger charge is -2.59. The largest absolute Gasteiger partial charge is 0.543 e. The molecule has 0 radical (unpaired) electrons. The van der Waals surface area contributed by atoms with Gasteiger partial charge in [-0.25, -0.2) is 4.89 Å². The summed E-state index contributed by atoms with van der Waals surface area (Å²) in [6.07, 6.45) is 0. The van der Waals surface area contributed by atoms with Gasteiger partial charge < -0.3 is 13.9 Å². The highest BCUT2D eigenvalue weighted by Crippen LogP contribution is 2.57. The molecule has 0 bridgehead atoms. The van der Waals surface area contributed by atoms with E-state index in [4.69, 9.17) is 23.7 Å². The molecule has 1 heterocycles. The lowest BCUT2D eigenvalue weighted by molar-refractivity contribution is -0.634. The Kier molecular flexibility index (Phi) is 6.32. The molecule has 0 aromatic heterocycles. The highest BCUT2D eigenvalue weighted by atomic mass is 28.4. The zero-order chi connectivity index (χ0) is 21.5. The molecular weight excluding hydrogens is 372 g/mol. The van der Waals surface area contributed by atoms with Gasteiger partial charge in [0.25, 0.3) is 5.79 Å². The summed E-state index contributed by atoms with van der Waals surface area (Å²) in [4.78, 5) is 11.5. The highest BCUT2D eigenvalue weighted by molar-refractivity contribution is 6.74. The van der Waals surface area contributed by atoms with E-state index in [0.29, 0.717) is 5.75 Å². The third-order valence-corrected chi connectivity index (χ3v) is 10.8. The number of ether oxygens (including phenoxy) is 2. The summed E-state index contributed by atoms with van der Waals surface area (Å²) in [5, 5.41) is 0.0882. The second kappa shape index (κ2) is 7.63. The van der Waals surface area contributed by atoms with Gasteiger partial charge >= 0.3 is 0 Å². The molecule has 1 aromatic rings. The summed E-state index contributed by atoms with van der Waals surface area (Å²) in [7, 11) is 1.31. The van der Waals surface area contributed by atoms with Gasteiger partial charge in [0, 0.05) is 18.7 Å². The molecule has 1 aromatic carbocycles. The molecule has 1 fully saturated rings. The van der Waals surface area contributed by atoms with Gasteiger partial charge in [0.05, 0.1) is 7.11 Å². The summed E-state index contributed by atoms with van der Waals surface area (Å²) >= 11 is 0. The van der Waals surface area contributed by atoms with Crippen LogP contribution in [0, 0.1) is 11.8 Å². The molecule has 1 aliphatic heterocycles. The third kappa shape index (κ3) is 3.49. The van der Waals surface area contributed by atoms with Crippen LogP contribution >= 0.6 is 0 Å². The Morgan fingerprint density at radius 2 is 1.43 bits per heavy atom. The Balaban J connectivity index is 2.59. The normalized spacial score (nSPS) is 22.3. The van der Waals surface area contributed by atoms with Crippen LogP contribution in [0.15, 0.2) is 18.2 Å². The van der Waals surface area contributed by atoms with Crippen LogP contribution in [0.25, 0.3) is 0 Å². The Bertz CT molecular complexity index is 681. The summed E-state index contributed by atoms with van der Waals surface area (Å²) in [5.41, 5.74) is 0.235. The SMILES string of the molecule is COc1cc(O[Si](C)(C)C(C)(C)C)cc(C2(OC)OOC2(C(C)C)C(C)C)c1. The molecule has 0 N–H and O–H groups in total. The summed E-state index contributed by atoms with van der Waals surface area (Å²) < 4.78 is 18.1. The maximum Gasteiger partial charge on any atom is 0.260 e. The van der Waals surface area contributed by atoms with E-state index in [1.165, 1.54) is 0 Å². The zero-order valence-corrected chi connectivity index (χ0v) is 20.4. The van der Waals surface area contributed by atoms with Crippen molar-refractivity contribution in [2.24, 2.45) is 11.8 Å². The van der Waals surface area contributed by atoms with Crippen molar-refractivity contribution in [1.82, 2.24) is 0 Å². The number of methoxy groups -OCH3 is 2. The lowest BCUT2D eigenvalue weighted by Crippen LogP contribution is -2.70. The second-order valence-corrected chi connectivity index (χ2v) is 14.6. The fraction of sp³-hybridized carbons (Fsp3) is 0.727. The minimum absolute atomic E-state index is 0.0882. The molecule has 0 spiro atoms. The summed E-state index contributed by atoms with van der Waals surface area (Å²) in [6, 6.07) is 5.89. The van der Waals surface area contributed by atoms with E-state index in [1.54, 1.807) is 14.2 Å². The average molecular weight is 411 g/mol. The third-order valence-electron chi connectivity index (χ3n) is 6.49. The van der Waals surface area contributed by atoms with Gasteiger partial charge in [0.15, 0.2) is 5.60 Å². The maximum absolute atomic E-state index is 6.55. The van der Waals surface area contributed by atoms with E-state index in [2.05, 4.69) is 61.6 Å². The Hall–Kier alpha value is -1.08. The predicted octanol–water partition coefficient (Wildman–Crippen LogP) is 5.89. The van der Waals surface area contributed by atoms with Gasteiger partial charge in [-0.1, -0.05) is 48.5 Å². The van der Waals surface area contributed by atoms with Crippen molar-refractivity contribution >= 4 is 8.32 Å². The first-order chi connectivity index (χ1) is 12.8. The van der Waals surface area contributed by atoms with Crippen molar-refractivity contribution in [3.05, 3.63) is 23.8 Å². The van der Waals surface area contributed by atoms with Crippen LogP contribution in [0.2, 0.25) is 18.1 Å². The topological polar surface area (TPSA) is 46.2 Å². The summed E-state index contributed by atoms with van der Waals surface area (Å²) in [5.74, 6) is 0.818. The van der Waals surface area contributed by atoms with Crippen molar-refractivity contribution in [3.63, 3.8) is 0 Å². The van der Waals surface area contributed by atoms with E-state index in [-0.39, 0.29) is 16.9 Å². The van der Waals surface area contributed by atoms with Crippen LogP contribution in [0.5, 0.6) is 11.5 Å². The molecule has 2 rings (SSSR count). The number of hydrogen-bond donors (Lipinski definition) is 0. The Labute approximate surface area is 171 Å². The molecule has 0 aliphatic carbocycles. The molecule has 28 heavy (non-hydrogen) atoms. The van der Waals surface area contributed by atoms with Crippen LogP contribution in [0.1, 0.15) is 54.0 Å². The zero-order valence-electron chi connectivity index (χ0n) is 19.4. The first-order valence-electron chi connectivity index (χ1n) is 10.1. The Morgan fingerprint density at radius 1 is 0.893 bits per heavy atom. The lowest BCUT2D eigenvalue weighted by atomic mass is 9.70. The molecule has 5 nitrogen and oxygen atoms in total. The number of rotatable bonds is 7. The quantitative estimate of drug-likeness (QED) is 0.414. The van der Waals surface area contributed by atoms with Crippen molar-refractivity contribution in [1.29, 1.82) is 0 Å². The fourth-order valence-corrected chi connectivity index (χ4v) is 4.82. The van der Waals surface area contributed by atoms with Crippen LogP contribution in [-0.4, -0.2) is 28.1 Å². The van der Waals surface area contributed by atoms with E-state index < -0.39 is 19.7 Å². The van der Waals surface area contributed by atoms with E-state index >= 15 is 0 Å². The van der Waals surface area contributed by atoms with Gasteiger partial charge in [-0.2, -0.15) is 4.89 Å². The first-order valence-corrected chi connectivity index (χ1v) is 13.0. The van der Waals surface area contributed by atoms with Crippen LogP contribution < -0.4 is 9.16 Å². The van der Waals surface area contributed by atoms with Crippen LogP contribution in [-0.2, 0) is 20.3 Å². The number of benzene rings is 1. The number of hydrogen-bond acceptors (Lipinski definition) is 5. The standard InChI is InChI=1S/C22H38O5Si/c1-15(2)21(16(3)4)22(24-9,27-26-21)17-12-18(23-8)14-19(13-17)25-28(10,11)20(5,6)7/h12-16H,1-11H3. The molecule has 0 saturated carbocycles. The Morgan fingerprint density at radius 3 is 1.79 bits per heavy atom. The summed E-state index contributed by atoms with van der Waals surface area (Å²) in [6.45, 7) is 19.6. The van der Waals surface area contributed by atoms with Crippen LogP contribution in [0.4, 0.5) is 0 Å². The van der Waals surface area contributed by atoms with E-state index in [1.807, 2.05) is 18.2 Å². The minimum atomic E-state index is -2.01. The monoisotopic (exact) mass is 410 g/mol. The van der Waals surface area contributed by atoms with E-state index in [9.17, 15) is 0 Å². The first kappa shape index (κ1) is 23.2. The van der Waals surface area contributed by atoms with Crippen LogP contribution in [0.3, 0.4) is 0 Å². The predicted molar refractivity (Wildman–Crippen MR) is 114 cm³/mol. The smallest absolute Gasteiger partial charge is 0.260 e. The van der Waals surface area contributed by atoms with Crippen molar-refractivity contribution in [3.8, 4) is 11.5 Å². The van der Waals surface area contributed by atoms with E-state index in [0.717, 1.165) is 11.3 Å². The maximum atomic E-state index is 6.55. The van der Waals surface area contributed by atoms with Crippen molar-refractivity contribution in [2.75, 3.05) is 14.2 Å². The van der Waals surface area contributed by atoms with Gasteiger partial charge in [0.2, 0.25) is 8.32 Å². The minimum Gasteiger partial charge on any atom is -0.543 e. The highest BCUT2D eigenvalue weighted by Gasteiger charge is 2.69. The molecule has 1 atom stereocenters. The van der Waals surface area contributed by atoms with Gasteiger partial charge in [-0.05, 0) is 42.1 Å². The molecule has 6 heteroatoms. The molecule has 0 amide bonds. The van der Waals surface area contributed by atoms with Crippen molar-refractivity contribution in [2.45, 2.75) is 78.0 Å². The fourth-order valence-electron chi connectivity index (χ4n) is 3.80. The van der Waals surface area contributed by atoms with Gasteiger partial charge in [0.1, 0.15) is 11.5 Å². The second-order valence-electron chi connectivity index (χ2n) is 9.85. The molecule has 1 saturated heterocycles. The molecular formula is C22H38O5Si. The average Bonchev–Trinajstić information content (AvgIpc) is 2.52. The van der Waals surface area contributed by atoms with Crippen molar-refractivity contribution < 1.29 is 23.7 Å². The molecule has 1 aliphatic rings. The molecule has 1 unspecified atom stereocenters. The van der Waals surface area contributed by atoms with Gasteiger partial charge in [-0.15, -0.1) is 0 Å². The van der Waals surface area contributed by atoms with Gasteiger partial charge in [-0.3, -0.25) is 0 Å². The molecule has 160 valence electrons.